The lowest BCUT2D eigenvalue weighted by Gasteiger charge is -2.10. The van der Waals surface area contributed by atoms with Gasteiger partial charge in [-0.05, 0) is 35.4 Å². The summed E-state index contributed by atoms with van der Waals surface area (Å²) in [5.41, 5.74) is 2.41. The van der Waals surface area contributed by atoms with Crippen molar-refractivity contribution in [2.24, 2.45) is 0 Å². The molecule has 0 aromatic heterocycles. The first-order valence-corrected chi connectivity index (χ1v) is 7.62. The number of benzene rings is 2. The Morgan fingerprint density at radius 2 is 1.80 bits per heavy atom. The van der Waals surface area contributed by atoms with Crippen LogP contribution in [-0.2, 0) is 13.2 Å². The second-order valence-electron chi connectivity index (χ2n) is 5.10. The van der Waals surface area contributed by atoms with E-state index in [-0.39, 0.29) is 0 Å². The lowest BCUT2D eigenvalue weighted by molar-refractivity contribution is 0.306. The van der Waals surface area contributed by atoms with Gasteiger partial charge in [-0.3, -0.25) is 0 Å². The molecule has 0 aliphatic rings. The summed E-state index contributed by atoms with van der Waals surface area (Å²) in [6, 6.07) is 16.9. The minimum atomic E-state index is 0.488. The van der Waals surface area contributed by atoms with Crippen molar-refractivity contribution in [2.45, 2.75) is 33.0 Å². The van der Waals surface area contributed by atoms with E-state index < -0.39 is 0 Å². The van der Waals surface area contributed by atoms with Crippen molar-refractivity contribution < 1.29 is 4.74 Å². The number of halogens is 1. The highest BCUT2D eigenvalue weighted by Crippen LogP contribution is 2.16. The van der Waals surface area contributed by atoms with Crippen LogP contribution in [0.25, 0.3) is 0 Å². The fourth-order valence-electron chi connectivity index (χ4n) is 1.81. The van der Waals surface area contributed by atoms with E-state index in [1.807, 2.05) is 24.3 Å². The molecule has 0 saturated carbocycles. The van der Waals surface area contributed by atoms with Crippen LogP contribution >= 0.6 is 15.9 Å². The quantitative estimate of drug-likeness (QED) is 0.838. The molecule has 0 unspecified atom stereocenters. The molecule has 0 amide bonds. The van der Waals surface area contributed by atoms with Crippen molar-refractivity contribution >= 4 is 15.9 Å². The molecule has 0 atom stereocenters. The van der Waals surface area contributed by atoms with E-state index >= 15 is 0 Å². The zero-order valence-electron chi connectivity index (χ0n) is 11.9. The van der Waals surface area contributed by atoms with E-state index in [0.717, 1.165) is 16.8 Å². The van der Waals surface area contributed by atoms with Gasteiger partial charge in [0.1, 0.15) is 12.4 Å². The summed E-state index contributed by atoms with van der Waals surface area (Å²) >= 11 is 3.43. The van der Waals surface area contributed by atoms with Crippen LogP contribution in [0.4, 0.5) is 0 Å². The molecule has 0 saturated heterocycles. The van der Waals surface area contributed by atoms with Gasteiger partial charge in [-0.15, -0.1) is 0 Å². The average molecular weight is 334 g/mol. The molecule has 2 nitrogen and oxygen atoms in total. The predicted molar refractivity (Wildman–Crippen MR) is 86.9 cm³/mol. The van der Waals surface area contributed by atoms with Crippen LogP contribution in [0.15, 0.2) is 53.0 Å². The van der Waals surface area contributed by atoms with Gasteiger partial charge in [-0.2, -0.15) is 0 Å². The molecule has 0 heterocycles. The predicted octanol–water partition coefficient (Wildman–Crippen LogP) is 4.53. The highest BCUT2D eigenvalue weighted by Gasteiger charge is 2.00. The molecule has 0 fully saturated rings. The molecule has 1 N–H and O–H groups in total. The number of hydrogen-bond donors (Lipinski definition) is 1. The van der Waals surface area contributed by atoms with Crippen LogP contribution in [0.2, 0.25) is 0 Å². The second-order valence-corrected chi connectivity index (χ2v) is 6.01. The molecule has 0 spiro atoms. The standard InChI is InChI=1S/C17H20BrNO/c1-13(2)19-11-15-4-3-5-17(10-15)20-12-14-6-8-16(18)9-7-14/h3-10,13,19H,11-12H2,1-2H3. The van der Waals surface area contributed by atoms with Gasteiger partial charge >= 0.3 is 0 Å². The Hall–Kier alpha value is -1.32. The fourth-order valence-corrected chi connectivity index (χ4v) is 2.08. The van der Waals surface area contributed by atoms with Crippen LogP contribution < -0.4 is 10.1 Å². The largest absolute Gasteiger partial charge is 0.489 e. The van der Waals surface area contributed by atoms with Gasteiger partial charge in [0.15, 0.2) is 0 Å². The molecular weight excluding hydrogens is 314 g/mol. The first-order chi connectivity index (χ1) is 9.63. The smallest absolute Gasteiger partial charge is 0.120 e. The third kappa shape index (κ3) is 4.99. The van der Waals surface area contributed by atoms with Gasteiger partial charge in [0.05, 0.1) is 0 Å². The van der Waals surface area contributed by atoms with E-state index in [9.17, 15) is 0 Å². The summed E-state index contributed by atoms with van der Waals surface area (Å²) in [4.78, 5) is 0. The molecule has 3 heteroatoms. The number of nitrogens with one attached hydrogen (secondary N) is 1. The van der Waals surface area contributed by atoms with Crippen molar-refractivity contribution in [3.63, 3.8) is 0 Å². The minimum absolute atomic E-state index is 0.488. The van der Waals surface area contributed by atoms with Gasteiger partial charge < -0.3 is 10.1 Å². The summed E-state index contributed by atoms with van der Waals surface area (Å²) in [5, 5.41) is 3.41. The van der Waals surface area contributed by atoms with Gasteiger partial charge in [0.2, 0.25) is 0 Å². The molecule has 0 radical (unpaired) electrons. The second kappa shape index (κ2) is 7.46. The Morgan fingerprint density at radius 1 is 1.05 bits per heavy atom. The maximum atomic E-state index is 5.84. The van der Waals surface area contributed by atoms with E-state index in [2.05, 4.69) is 59.4 Å². The lowest BCUT2D eigenvalue weighted by atomic mass is 10.2. The average Bonchev–Trinajstić information content (AvgIpc) is 2.45. The van der Waals surface area contributed by atoms with E-state index in [4.69, 9.17) is 4.74 Å². The van der Waals surface area contributed by atoms with E-state index in [0.29, 0.717) is 12.6 Å². The van der Waals surface area contributed by atoms with Crippen LogP contribution in [0.1, 0.15) is 25.0 Å². The van der Waals surface area contributed by atoms with Crippen molar-refractivity contribution in [3.8, 4) is 5.75 Å². The first-order valence-electron chi connectivity index (χ1n) is 6.83. The normalized spacial score (nSPS) is 10.8. The van der Waals surface area contributed by atoms with E-state index in [1.165, 1.54) is 11.1 Å². The van der Waals surface area contributed by atoms with Crippen LogP contribution in [0.5, 0.6) is 5.75 Å². The Balaban J connectivity index is 1.92. The van der Waals surface area contributed by atoms with Crippen molar-refractivity contribution in [3.05, 3.63) is 64.1 Å². The Morgan fingerprint density at radius 3 is 2.50 bits per heavy atom. The monoisotopic (exact) mass is 333 g/mol. The molecule has 2 rings (SSSR count). The van der Waals surface area contributed by atoms with Crippen LogP contribution in [-0.4, -0.2) is 6.04 Å². The molecule has 0 aliphatic carbocycles. The zero-order valence-corrected chi connectivity index (χ0v) is 13.5. The Bertz CT molecular complexity index is 537. The highest BCUT2D eigenvalue weighted by molar-refractivity contribution is 9.10. The third-order valence-electron chi connectivity index (χ3n) is 2.93. The number of hydrogen-bond acceptors (Lipinski definition) is 2. The molecular formula is C17H20BrNO. The maximum Gasteiger partial charge on any atom is 0.120 e. The molecule has 0 aliphatic heterocycles. The van der Waals surface area contributed by atoms with E-state index in [1.54, 1.807) is 0 Å². The molecule has 2 aromatic rings. The van der Waals surface area contributed by atoms with Crippen molar-refractivity contribution in [1.29, 1.82) is 0 Å². The summed E-state index contributed by atoms with van der Waals surface area (Å²) < 4.78 is 6.92. The Labute approximate surface area is 129 Å². The Kier molecular flexibility index (Phi) is 5.62. The van der Waals surface area contributed by atoms with Crippen LogP contribution in [0, 0.1) is 0 Å². The fraction of sp³-hybridized carbons (Fsp3) is 0.294. The third-order valence-corrected chi connectivity index (χ3v) is 3.46. The summed E-state index contributed by atoms with van der Waals surface area (Å²) in [7, 11) is 0. The summed E-state index contributed by atoms with van der Waals surface area (Å²) in [6.07, 6.45) is 0. The van der Waals surface area contributed by atoms with Gasteiger partial charge in [0, 0.05) is 17.1 Å². The van der Waals surface area contributed by atoms with Gasteiger partial charge in [-0.1, -0.05) is 54.0 Å². The van der Waals surface area contributed by atoms with Gasteiger partial charge in [0.25, 0.3) is 0 Å². The summed E-state index contributed by atoms with van der Waals surface area (Å²) in [5.74, 6) is 0.913. The van der Waals surface area contributed by atoms with Gasteiger partial charge in [-0.25, -0.2) is 0 Å². The number of rotatable bonds is 6. The highest BCUT2D eigenvalue weighted by atomic mass is 79.9. The van der Waals surface area contributed by atoms with Crippen molar-refractivity contribution in [2.75, 3.05) is 0 Å². The van der Waals surface area contributed by atoms with Crippen molar-refractivity contribution in [1.82, 2.24) is 5.32 Å². The summed E-state index contributed by atoms with van der Waals surface area (Å²) in [6.45, 7) is 5.75. The SMILES string of the molecule is CC(C)NCc1cccc(OCc2ccc(Br)cc2)c1. The minimum Gasteiger partial charge on any atom is -0.489 e. The first kappa shape index (κ1) is 15.1. The number of ether oxygens (including phenoxy) is 1. The topological polar surface area (TPSA) is 21.3 Å². The molecule has 2 aromatic carbocycles. The molecule has 0 bridgehead atoms. The molecule has 20 heavy (non-hydrogen) atoms. The molecule has 106 valence electrons. The lowest BCUT2D eigenvalue weighted by Crippen LogP contribution is -2.21. The van der Waals surface area contributed by atoms with Crippen LogP contribution in [0.3, 0.4) is 0 Å². The zero-order chi connectivity index (χ0) is 14.4. The maximum absolute atomic E-state index is 5.84.